The third-order valence-electron chi connectivity index (χ3n) is 4.23. The van der Waals surface area contributed by atoms with Crippen molar-refractivity contribution in [1.82, 2.24) is 0 Å². The van der Waals surface area contributed by atoms with Crippen LogP contribution in [-0.4, -0.2) is 5.97 Å². The van der Waals surface area contributed by atoms with Crippen LogP contribution >= 0.6 is 0 Å². The summed E-state index contributed by atoms with van der Waals surface area (Å²) in [6.07, 6.45) is 3.77. The van der Waals surface area contributed by atoms with E-state index in [1.165, 1.54) is 5.56 Å². The molecule has 0 amide bonds. The Morgan fingerprint density at radius 2 is 1.48 bits per heavy atom. The molecule has 0 unspecified atom stereocenters. The van der Waals surface area contributed by atoms with Crippen molar-refractivity contribution < 1.29 is 9.53 Å². The monoisotopic (exact) mass is 280 g/mol. The number of hydrogen-bond acceptors (Lipinski definition) is 2. The highest BCUT2D eigenvalue weighted by Crippen LogP contribution is 2.50. The van der Waals surface area contributed by atoms with Crippen LogP contribution in [0.15, 0.2) is 60.7 Å². The Hall–Kier alpha value is -2.09. The van der Waals surface area contributed by atoms with Crippen molar-refractivity contribution in [2.24, 2.45) is 5.41 Å². The topological polar surface area (TPSA) is 26.3 Å². The fourth-order valence-corrected chi connectivity index (χ4v) is 2.61. The minimum Gasteiger partial charge on any atom is -0.460 e. The van der Waals surface area contributed by atoms with Gasteiger partial charge in [0.1, 0.15) is 6.61 Å². The van der Waals surface area contributed by atoms with E-state index in [1.807, 2.05) is 48.5 Å². The van der Waals surface area contributed by atoms with Gasteiger partial charge in [-0.25, -0.2) is 0 Å². The average Bonchev–Trinajstić information content (AvgIpc) is 3.34. The van der Waals surface area contributed by atoms with Gasteiger partial charge in [-0.1, -0.05) is 60.7 Å². The van der Waals surface area contributed by atoms with Crippen molar-refractivity contribution in [1.29, 1.82) is 0 Å². The summed E-state index contributed by atoms with van der Waals surface area (Å²) in [5.74, 6) is -0.0257. The van der Waals surface area contributed by atoms with Gasteiger partial charge in [0.15, 0.2) is 0 Å². The summed E-state index contributed by atoms with van der Waals surface area (Å²) in [6.45, 7) is 0.382. The first kappa shape index (κ1) is 13.9. The highest BCUT2D eigenvalue weighted by atomic mass is 16.5. The fraction of sp³-hybridized carbons (Fsp3) is 0.316. The highest BCUT2D eigenvalue weighted by molar-refractivity contribution is 5.79. The molecule has 1 saturated carbocycles. The molecule has 2 aromatic rings. The lowest BCUT2D eigenvalue weighted by molar-refractivity contribution is -0.151. The van der Waals surface area contributed by atoms with Gasteiger partial charge in [-0.2, -0.15) is 0 Å². The molecule has 108 valence electrons. The van der Waals surface area contributed by atoms with E-state index in [2.05, 4.69) is 12.1 Å². The van der Waals surface area contributed by atoms with E-state index in [4.69, 9.17) is 4.74 Å². The SMILES string of the molecule is O=C(OCc1ccccc1)C1(CCc2ccccc2)CC1. The van der Waals surface area contributed by atoms with Crippen LogP contribution in [0.25, 0.3) is 0 Å². The van der Waals surface area contributed by atoms with Gasteiger partial charge in [0.2, 0.25) is 0 Å². The number of ether oxygens (including phenoxy) is 1. The zero-order chi connectivity index (χ0) is 14.5. The number of rotatable bonds is 6. The Bertz CT molecular complexity index is 585. The van der Waals surface area contributed by atoms with E-state index >= 15 is 0 Å². The molecule has 0 aliphatic heterocycles. The predicted molar refractivity (Wildman–Crippen MR) is 82.7 cm³/mol. The largest absolute Gasteiger partial charge is 0.460 e. The molecule has 0 atom stereocenters. The maximum absolute atomic E-state index is 12.3. The summed E-state index contributed by atoms with van der Waals surface area (Å²) in [5.41, 5.74) is 2.12. The predicted octanol–water partition coefficient (Wildman–Crippen LogP) is 4.14. The van der Waals surface area contributed by atoms with Crippen molar-refractivity contribution in [3.05, 3.63) is 71.8 Å². The van der Waals surface area contributed by atoms with Gasteiger partial charge in [0.05, 0.1) is 5.41 Å². The quantitative estimate of drug-likeness (QED) is 0.743. The van der Waals surface area contributed by atoms with E-state index in [0.717, 1.165) is 31.2 Å². The summed E-state index contributed by atoms with van der Waals surface area (Å²) in [4.78, 5) is 12.3. The second-order valence-corrected chi connectivity index (χ2v) is 5.83. The molecule has 0 saturated heterocycles. The van der Waals surface area contributed by atoms with Gasteiger partial charge in [-0.3, -0.25) is 4.79 Å². The highest BCUT2D eigenvalue weighted by Gasteiger charge is 2.50. The maximum atomic E-state index is 12.3. The van der Waals surface area contributed by atoms with E-state index in [1.54, 1.807) is 0 Å². The Labute approximate surface area is 125 Å². The summed E-state index contributed by atoms with van der Waals surface area (Å²) >= 11 is 0. The number of carbonyl (C=O) groups is 1. The first-order valence-electron chi connectivity index (χ1n) is 7.54. The lowest BCUT2D eigenvalue weighted by atomic mass is 9.97. The minimum atomic E-state index is -0.218. The number of benzene rings is 2. The van der Waals surface area contributed by atoms with Gasteiger partial charge in [0.25, 0.3) is 0 Å². The maximum Gasteiger partial charge on any atom is 0.312 e. The summed E-state index contributed by atoms with van der Waals surface area (Å²) in [6, 6.07) is 20.2. The number of carbonyl (C=O) groups excluding carboxylic acids is 1. The minimum absolute atomic E-state index is 0.0257. The standard InChI is InChI=1S/C19H20O2/c20-18(21-15-17-9-5-2-6-10-17)19(13-14-19)12-11-16-7-3-1-4-8-16/h1-10H,11-15H2. The van der Waals surface area contributed by atoms with Crippen LogP contribution in [0, 0.1) is 5.41 Å². The molecule has 21 heavy (non-hydrogen) atoms. The second kappa shape index (κ2) is 6.13. The Kier molecular flexibility index (Phi) is 4.05. The summed E-state index contributed by atoms with van der Waals surface area (Å²) in [7, 11) is 0. The Balaban J connectivity index is 1.52. The molecule has 3 rings (SSSR count). The Morgan fingerprint density at radius 1 is 0.905 bits per heavy atom. The molecule has 0 aromatic heterocycles. The lowest BCUT2D eigenvalue weighted by Crippen LogP contribution is -2.19. The van der Waals surface area contributed by atoms with Crippen molar-refractivity contribution in [2.75, 3.05) is 0 Å². The molecule has 1 fully saturated rings. The van der Waals surface area contributed by atoms with Crippen molar-refractivity contribution >= 4 is 5.97 Å². The van der Waals surface area contributed by atoms with Crippen LogP contribution in [0.5, 0.6) is 0 Å². The smallest absolute Gasteiger partial charge is 0.312 e. The molecular formula is C19H20O2. The zero-order valence-electron chi connectivity index (χ0n) is 12.1. The van der Waals surface area contributed by atoms with Crippen molar-refractivity contribution in [3.63, 3.8) is 0 Å². The molecule has 1 aliphatic rings. The number of hydrogen-bond donors (Lipinski definition) is 0. The van der Waals surface area contributed by atoms with Crippen LogP contribution in [0.1, 0.15) is 30.4 Å². The van der Waals surface area contributed by atoms with Crippen molar-refractivity contribution in [3.8, 4) is 0 Å². The van der Waals surface area contributed by atoms with E-state index in [0.29, 0.717) is 6.61 Å². The number of aryl methyl sites for hydroxylation is 1. The fourth-order valence-electron chi connectivity index (χ4n) is 2.61. The van der Waals surface area contributed by atoms with Crippen LogP contribution in [-0.2, 0) is 22.6 Å². The average molecular weight is 280 g/mol. The van der Waals surface area contributed by atoms with E-state index in [-0.39, 0.29) is 11.4 Å². The van der Waals surface area contributed by atoms with Crippen LogP contribution in [0.4, 0.5) is 0 Å². The van der Waals surface area contributed by atoms with Gasteiger partial charge in [0, 0.05) is 0 Å². The van der Waals surface area contributed by atoms with Gasteiger partial charge in [-0.15, -0.1) is 0 Å². The zero-order valence-corrected chi connectivity index (χ0v) is 12.1. The molecule has 0 N–H and O–H groups in total. The molecule has 1 aliphatic carbocycles. The van der Waals surface area contributed by atoms with Crippen LogP contribution in [0.3, 0.4) is 0 Å². The lowest BCUT2D eigenvalue weighted by Gasteiger charge is -2.14. The summed E-state index contributed by atoms with van der Waals surface area (Å²) < 4.78 is 5.50. The molecule has 0 bridgehead atoms. The third kappa shape index (κ3) is 3.52. The van der Waals surface area contributed by atoms with E-state index in [9.17, 15) is 4.79 Å². The first-order valence-corrected chi connectivity index (χ1v) is 7.54. The molecule has 0 spiro atoms. The molecule has 2 nitrogen and oxygen atoms in total. The molecule has 0 heterocycles. The first-order chi connectivity index (χ1) is 10.3. The normalized spacial score (nSPS) is 15.4. The second-order valence-electron chi connectivity index (χ2n) is 5.83. The van der Waals surface area contributed by atoms with E-state index < -0.39 is 0 Å². The van der Waals surface area contributed by atoms with Crippen LogP contribution < -0.4 is 0 Å². The molecule has 2 heteroatoms. The number of esters is 1. The summed E-state index contributed by atoms with van der Waals surface area (Å²) in [5, 5.41) is 0. The van der Waals surface area contributed by atoms with Crippen molar-refractivity contribution in [2.45, 2.75) is 32.3 Å². The molecule has 0 radical (unpaired) electrons. The third-order valence-corrected chi connectivity index (χ3v) is 4.23. The van der Waals surface area contributed by atoms with Gasteiger partial charge < -0.3 is 4.74 Å². The Morgan fingerprint density at radius 3 is 2.05 bits per heavy atom. The van der Waals surface area contributed by atoms with Crippen LogP contribution in [0.2, 0.25) is 0 Å². The van der Waals surface area contributed by atoms with Gasteiger partial charge >= 0.3 is 5.97 Å². The molecular weight excluding hydrogens is 260 g/mol. The van der Waals surface area contributed by atoms with Gasteiger partial charge in [-0.05, 0) is 36.8 Å². The molecule has 2 aromatic carbocycles.